The van der Waals surface area contributed by atoms with E-state index in [0.717, 1.165) is 56.7 Å². The Hall–Kier alpha value is -2.27. The molecule has 0 aliphatic carbocycles. The van der Waals surface area contributed by atoms with Crippen molar-refractivity contribution in [2.45, 2.75) is 50.6 Å². The standard InChI is InChI=1S/C22H28N4O/c1-3-20-23-14-17(15-24-20)16-26-11-9-22(10-12-26)13-19(21(27)25(22)2)18-7-5-4-6-8-18/h4-8,14-15,19H,3,9-13,16H2,1-2H3/t19-/m0/s1. The predicted molar refractivity (Wildman–Crippen MR) is 105 cm³/mol. The summed E-state index contributed by atoms with van der Waals surface area (Å²) in [5.74, 6) is 1.19. The normalized spacial score (nSPS) is 22.5. The lowest BCUT2D eigenvalue weighted by molar-refractivity contribution is -0.131. The lowest BCUT2D eigenvalue weighted by Gasteiger charge is -2.43. The molecular weight excluding hydrogens is 336 g/mol. The van der Waals surface area contributed by atoms with Crippen LogP contribution in [-0.2, 0) is 17.8 Å². The third kappa shape index (κ3) is 3.48. The Morgan fingerprint density at radius 2 is 1.78 bits per heavy atom. The van der Waals surface area contributed by atoms with Crippen LogP contribution in [0.3, 0.4) is 0 Å². The number of aryl methyl sites for hydroxylation is 1. The van der Waals surface area contributed by atoms with Crippen LogP contribution in [0.4, 0.5) is 0 Å². The van der Waals surface area contributed by atoms with E-state index < -0.39 is 0 Å². The summed E-state index contributed by atoms with van der Waals surface area (Å²) < 4.78 is 0. The Morgan fingerprint density at radius 1 is 1.11 bits per heavy atom. The summed E-state index contributed by atoms with van der Waals surface area (Å²) in [5.41, 5.74) is 2.33. The van der Waals surface area contributed by atoms with Crippen LogP contribution in [0.25, 0.3) is 0 Å². The minimum Gasteiger partial charge on any atom is -0.339 e. The number of likely N-dealkylation sites (N-methyl/N-ethyl adjacent to an activating group) is 1. The van der Waals surface area contributed by atoms with E-state index >= 15 is 0 Å². The van der Waals surface area contributed by atoms with Gasteiger partial charge in [0.2, 0.25) is 5.91 Å². The topological polar surface area (TPSA) is 49.3 Å². The molecule has 1 amide bonds. The molecule has 1 aromatic carbocycles. The summed E-state index contributed by atoms with van der Waals surface area (Å²) in [7, 11) is 2.00. The molecule has 2 fully saturated rings. The van der Waals surface area contributed by atoms with Gasteiger partial charge in [0.15, 0.2) is 0 Å². The molecule has 1 spiro atoms. The van der Waals surface area contributed by atoms with Gasteiger partial charge in [-0.05, 0) is 24.8 Å². The van der Waals surface area contributed by atoms with Crippen molar-refractivity contribution in [3.63, 3.8) is 0 Å². The molecule has 5 nitrogen and oxygen atoms in total. The average molecular weight is 364 g/mol. The highest BCUT2D eigenvalue weighted by atomic mass is 16.2. The van der Waals surface area contributed by atoms with Gasteiger partial charge in [0, 0.05) is 56.6 Å². The maximum absolute atomic E-state index is 12.9. The van der Waals surface area contributed by atoms with E-state index in [2.05, 4.69) is 33.9 Å². The second kappa shape index (κ2) is 7.39. The first-order valence-corrected chi connectivity index (χ1v) is 9.96. The van der Waals surface area contributed by atoms with Crippen LogP contribution in [-0.4, -0.2) is 51.4 Å². The molecule has 5 heteroatoms. The number of hydrogen-bond donors (Lipinski definition) is 0. The van der Waals surface area contributed by atoms with Crippen LogP contribution in [0.2, 0.25) is 0 Å². The average Bonchev–Trinajstić information content (AvgIpc) is 2.96. The largest absolute Gasteiger partial charge is 0.339 e. The van der Waals surface area contributed by atoms with E-state index in [4.69, 9.17) is 0 Å². The highest BCUT2D eigenvalue weighted by Gasteiger charge is 2.50. The number of amides is 1. The summed E-state index contributed by atoms with van der Waals surface area (Å²) >= 11 is 0. The monoisotopic (exact) mass is 364 g/mol. The molecular formula is C22H28N4O. The zero-order chi connectivity index (χ0) is 18.9. The summed E-state index contributed by atoms with van der Waals surface area (Å²) in [5, 5.41) is 0. The number of rotatable bonds is 4. The predicted octanol–water partition coefficient (Wildman–Crippen LogP) is 3.02. The maximum atomic E-state index is 12.9. The minimum atomic E-state index is 0.0106. The summed E-state index contributed by atoms with van der Waals surface area (Å²) in [4.78, 5) is 26.2. The SMILES string of the molecule is CCc1ncc(CN2CCC3(CC2)C[C@@H](c2ccccc2)C(=O)N3C)cn1. The van der Waals surface area contributed by atoms with Gasteiger partial charge in [0.1, 0.15) is 5.82 Å². The van der Waals surface area contributed by atoms with E-state index in [9.17, 15) is 4.79 Å². The van der Waals surface area contributed by atoms with Crippen LogP contribution in [0.1, 0.15) is 49.1 Å². The highest BCUT2D eigenvalue weighted by molar-refractivity contribution is 5.87. The van der Waals surface area contributed by atoms with Gasteiger partial charge in [0.05, 0.1) is 5.92 Å². The Morgan fingerprint density at radius 3 is 2.41 bits per heavy atom. The summed E-state index contributed by atoms with van der Waals surface area (Å²) in [6.07, 6.45) is 7.78. The number of aromatic nitrogens is 2. The molecule has 2 saturated heterocycles. The smallest absolute Gasteiger partial charge is 0.230 e. The quantitative estimate of drug-likeness (QED) is 0.837. The molecule has 4 rings (SSSR count). The molecule has 27 heavy (non-hydrogen) atoms. The molecule has 0 radical (unpaired) electrons. The Kier molecular flexibility index (Phi) is 4.96. The lowest BCUT2D eigenvalue weighted by atomic mass is 9.81. The van der Waals surface area contributed by atoms with Gasteiger partial charge in [-0.15, -0.1) is 0 Å². The zero-order valence-corrected chi connectivity index (χ0v) is 16.3. The minimum absolute atomic E-state index is 0.0106. The van der Waals surface area contributed by atoms with Crippen LogP contribution in [0.5, 0.6) is 0 Å². The van der Waals surface area contributed by atoms with Crippen molar-refractivity contribution in [1.29, 1.82) is 0 Å². The second-order valence-corrected chi connectivity index (χ2v) is 7.93. The first-order valence-electron chi connectivity index (χ1n) is 9.96. The summed E-state index contributed by atoms with van der Waals surface area (Å²) in [6.45, 7) is 4.98. The molecule has 0 N–H and O–H groups in total. The van der Waals surface area contributed by atoms with E-state index in [1.54, 1.807) is 0 Å². The Bertz CT molecular complexity index is 782. The molecule has 2 aliphatic heterocycles. The van der Waals surface area contributed by atoms with Gasteiger partial charge in [-0.25, -0.2) is 9.97 Å². The fourth-order valence-electron chi connectivity index (χ4n) is 4.59. The molecule has 0 bridgehead atoms. The maximum Gasteiger partial charge on any atom is 0.230 e. The van der Waals surface area contributed by atoms with Crippen molar-refractivity contribution in [3.05, 3.63) is 59.7 Å². The lowest BCUT2D eigenvalue weighted by Crippen LogP contribution is -2.51. The van der Waals surface area contributed by atoms with Crippen LogP contribution >= 0.6 is 0 Å². The number of benzene rings is 1. The van der Waals surface area contributed by atoms with Crippen molar-refractivity contribution in [2.24, 2.45) is 0 Å². The summed E-state index contributed by atoms with van der Waals surface area (Å²) in [6, 6.07) is 10.2. The van der Waals surface area contributed by atoms with Gasteiger partial charge in [0.25, 0.3) is 0 Å². The molecule has 142 valence electrons. The van der Waals surface area contributed by atoms with Gasteiger partial charge in [-0.3, -0.25) is 9.69 Å². The molecule has 0 saturated carbocycles. The number of carbonyl (C=O) groups excluding carboxylic acids is 1. The van der Waals surface area contributed by atoms with Crippen LogP contribution in [0.15, 0.2) is 42.7 Å². The van der Waals surface area contributed by atoms with Crippen molar-refractivity contribution < 1.29 is 4.79 Å². The van der Waals surface area contributed by atoms with E-state index in [0.29, 0.717) is 0 Å². The number of hydrogen-bond acceptors (Lipinski definition) is 4. The van der Waals surface area contributed by atoms with E-state index in [1.807, 2.05) is 42.5 Å². The fraction of sp³-hybridized carbons (Fsp3) is 0.500. The molecule has 3 heterocycles. The van der Waals surface area contributed by atoms with E-state index in [-0.39, 0.29) is 17.4 Å². The number of carbonyl (C=O) groups is 1. The van der Waals surface area contributed by atoms with Crippen LogP contribution < -0.4 is 0 Å². The molecule has 0 unspecified atom stereocenters. The number of nitrogens with zero attached hydrogens (tertiary/aromatic N) is 4. The number of piperidine rings is 1. The fourth-order valence-corrected chi connectivity index (χ4v) is 4.59. The Labute approximate surface area is 161 Å². The molecule has 1 aromatic heterocycles. The second-order valence-electron chi connectivity index (χ2n) is 7.93. The third-order valence-electron chi connectivity index (χ3n) is 6.39. The Balaban J connectivity index is 1.41. The van der Waals surface area contributed by atoms with Gasteiger partial charge >= 0.3 is 0 Å². The van der Waals surface area contributed by atoms with Gasteiger partial charge in [-0.1, -0.05) is 37.3 Å². The van der Waals surface area contributed by atoms with E-state index in [1.165, 1.54) is 5.56 Å². The van der Waals surface area contributed by atoms with Crippen LogP contribution in [0, 0.1) is 0 Å². The van der Waals surface area contributed by atoms with Crippen molar-refractivity contribution in [2.75, 3.05) is 20.1 Å². The first kappa shape index (κ1) is 18.1. The third-order valence-corrected chi connectivity index (χ3v) is 6.39. The van der Waals surface area contributed by atoms with Crippen molar-refractivity contribution in [3.8, 4) is 0 Å². The highest BCUT2D eigenvalue weighted by Crippen LogP contribution is 2.44. The van der Waals surface area contributed by atoms with Crippen molar-refractivity contribution in [1.82, 2.24) is 19.8 Å². The van der Waals surface area contributed by atoms with Gasteiger partial charge in [-0.2, -0.15) is 0 Å². The first-order chi connectivity index (χ1) is 13.1. The van der Waals surface area contributed by atoms with Gasteiger partial charge < -0.3 is 4.90 Å². The molecule has 1 atom stereocenters. The molecule has 2 aromatic rings. The molecule has 2 aliphatic rings. The van der Waals surface area contributed by atoms with Crippen molar-refractivity contribution >= 4 is 5.91 Å². The number of likely N-dealkylation sites (tertiary alicyclic amines) is 2. The zero-order valence-electron chi connectivity index (χ0n) is 16.3.